The van der Waals surface area contributed by atoms with Gasteiger partial charge in [0.15, 0.2) is 0 Å². The molecule has 0 aromatic carbocycles. The van der Waals surface area contributed by atoms with Crippen molar-refractivity contribution in [2.75, 3.05) is 31.9 Å². The predicted octanol–water partition coefficient (Wildman–Crippen LogP) is 3.29. The number of hydrogen-bond donors (Lipinski definition) is 1. The molecule has 1 N–H and O–H groups in total. The number of thiophene rings is 1. The normalized spacial score (nSPS) is 18.5. The highest BCUT2D eigenvalue weighted by molar-refractivity contribution is 9.11. The zero-order valence-electron chi connectivity index (χ0n) is 10.3. The Labute approximate surface area is 120 Å². The number of rotatable bonds is 4. The minimum atomic E-state index is 0.281. The Morgan fingerprint density at radius 2 is 2.12 bits per heavy atom. The lowest BCUT2D eigenvalue weighted by Gasteiger charge is -2.41. The molecule has 1 aromatic heterocycles. The Morgan fingerprint density at radius 3 is 2.71 bits per heavy atom. The predicted molar refractivity (Wildman–Crippen MR) is 81.3 cm³/mol. The largest absolute Gasteiger partial charge is 0.314 e. The lowest BCUT2D eigenvalue weighted by Crippen LogP contribution is -2.54. The Hall–Kier alpha value is 0.450. The van der Waals surface area contributed by atoms with Gasteiger partial charge in [-0.2, -0.15) is 0 Å². The van der Waals surface area contributed by atoms with Crippen LogP contribution in [0.5, 0.6) is 0 Å². The van der Waals surface area contributed by atoms with Crippen molar-refractivity contribution < 1.29 is 0 Å². The van der Waals surface area contributed by atoms with E-state index in [-0.39, 0.29) is 5.54 Å². The Morgan fingerprint density at radius 1 is 1.41 bits per heavy atom. The van der Waals surface area contributed by atoms with Gasteiger partial charge < -0.3 is 5.32 Å². The summed E-state index contributed by atoms with van der Waals surface area (Å²) in [6.07, 6.45) is 0. The third-order valence-electron chi connectivity index (χ3n) is 3.09. The zero-order chi connectivity index (χ0) is 12.3. The minimum Gasteiger partial charge on any atom is -0.314 e. The molecular formula is C12H19BrN2S2. The maximum Gasteiger partial charge on any atom is 0.0710 e. The summed E-state index contributed by atoms with van der Waals surface area (Å²) in [5.41, 5.74) is 0.281. The van der Waals surface area contributed by atoms with Crippen molar-refractivity contribution in [1.29, 1.82) is 0 Å². The van der Waals surface area contributed by atoms with Crippen molar-refractivity contribution in [2.24, 2.45) is 0 Å². The van der Waals surface area contributed by atoms with Gasteiger partial charge in [-0.25, -0.2) is 0 Å². The summed E-state index contributed by atoms with van der Waals surface area (Å²) in [4.78, 5) is 2.60. The van der Waals surface area contributed by atoms with E-state index in [0.717, 1.165) is 18.8 Å². The maximum absolute atomic E-state index is 3.52. The number of halogens is 1. The molecule has 0 unspecified atom stereocenters. The summed E-state index contributed by atoms with van der Waals surface area (Å²) in [5.74, 6) is 1.15. The first-order valence-electron chi connectivity index (χ1n) is 5.92. The SMILES string of the molecule is CC(C)(CSc1ccc(Br)s1)N1CCNCC1. The van der Waals surface area contributed by atoms with Crippen LogP contribution in [0.15, 0.2) is 20.1 Å². The van der Waals surface area contributed by atoms with Crippen LogP contribution in [0, 0.1) is 0 Å². The quantitative estimate of drug-likeness (QED) is 0.850. The molecule has 0 atom stereocenters. The van der Waals surface area contributed by atoms with Gasteiger partial charge in [0.05, 0.1) is 8.00 Å². The van der Waals surface area contributed by atoms with Gasteiger partial charge in [0.25, 0.3) is 0 Å². The van der Waals surface area contributed by atoms with Crippen LogP contribution in [0.1, 0.15) is 13.8 Å². The van der Waals surface area contributed by atoms with Gasteiger partial charge in [-0.05, 0) is 41.9 Å². The molecule has 17 heavy (non-hydrogen) atoms. The van der Waals surface area contributed by atoms with E-state index in [9.17, 15) is 0 Å². The summed E-state index contributed by atoms with van der Waals surface area (Å²) in [7, 11) is 0. The molecule has 0 radical (unpaired) electrons. The van der Waals surface area contributed by atoms with Crippen molar-refractivity contribution in [3.05, 3.63) is 15.9 Å². The van der Waals surface area contributed by atoms with Crippen molar-refractivity contribution in [3.8, 4) is 0 Å². The van der Waals surface area contributed by atoms with Crippen LogP contribution in [-0.2, 0) is 0 Å². The number of piperazine rings is 1. The van der Waals surface area contributed by atoms with Crippen molar-refractivity contribution in [3.63, 3.8) is 0 Å². The van der Waals surface area contributed by atoms with E-state index < -0.39 is 0 Å². The molecule has 1 fully saturated rings. The van der Waals surface area contributed by atoms with Crippen LogP contribution in [0.3, 0.4) is 0 Å². The van der Waals surface area contributed by atoms with E-state index in [1.165, 1.54) is 21.1 Å². The molecule has 0 bridgehead atoms. The fourth-order valence-electron chi connectivity index (χ4n) is 1.98. The van der Waals surface area contributed by atoms with Crippen LogP contribution in [0.25, 0.3) is 0 Å². The fourth-order valence-corrected chi connectivity index (χ4v) is 4.95. The lowest BCUT2D eigenvalue weighted by atomic mass is 10.1. The molecule has 2 rings (SSSR count). The average Bonchev–Trinajstić information content (AvgIpc) is 2.74. The minimum absolute atomic E-state index is 0.281. The molecule has 0 amide bonds. The molecule has 1 aliphatic rings. The maximum atomic E-state index is 3.52. The summed E-state index contributed by atoms with van der Waals surface area (Å²) in [6.45, 7) is 9.29. The topological polar surface area (TPSA) is 15.3 Å². The molecule has 1 aliphatic heterocycles. The smallest absolute Gasteiger partial charge is 0.0710 e. The molecule has 0 aliphatic carbocycles. The standard InChI is InChI=1S/C12H19BrN2S2/c1-12(2,15-7-5-14-6-8-15)9-16-11-4-3-10(13)17-11/h3-4,14H,5-9H2,1-2H3. The Kier molecular flexibility index (Phi) is 4.95. The first-order valence-corrected chi connectivity index (χ1v) is 8.51. The summed E-state index contributed by atoms with van der Waals surface area (Å²) < 4.78 is 2.63. The van der Waals surface area contributed by atoms with Gasteiger partial charge in [-0.3, -0.25) is 4.90 Å². The zero-order valence-corrected chi connectivity index (χ0v) is 13.6. The van der Waals surface area contributed by atoms with Gasteiger partial charge in [0, 0.05) is 37.5 Å². The van der Waals surface area contributed by atoms with Crippen molar-refractivity contribution in [2.45, 2.75) is 23.6 Å². The van der Waals surface area contributed by atoms with Gasteiger partial charge in [-0.15, -0.1) is 23.1 Å². The van der Waals surface area contributed by atoms with Crippen molar-refractivity contribution >= 4 is 39.0 Å². The first-order chi connectivity index (χ1) is 8.08. The van der Waals surface area contributed by atoms with Crippen molar-refractivity contribution in [1.82, 2.24) is 10.2 Å². The van der Waals surface area contributed by atoms with Crippen LogP contribution >= 0.6 is 39.0 Å². The van der Waals surface area contributed by atoms with Crippen LogP contribution in [-0.4, -0.2) is 42.4 Å². The van der Waals surface area contributed by atoms with Gasteiger partial charge in [0.1, 0.15) is 0 Å². The average molecular weight is 335 g/mol. The number of nitrogens with zero attached hydrogens (tertiary/aromatic N) is 1. The van der Waals surface area contributed by atoms with E-state index in [1.807, 2.05) is 23.1 Å². The third kappa shape index (κ3) is 3.96. The molecule has 2 heterocycles. The van der Waals surface area contributed by atoms with E-state index in [1.54, 1.807) is 0 Å². The van der Waals surface area contributed by atoms with E-state index in [0.29, 0.717) is 0 Å². The van der Waals surface area contributed by atoms with Gasteiger partial charge >= 0.3 is 0 Å². The molecule has 1 aromatic rings. The summed E-state index contributed by atoms with van der Waals surface area (Å²) >= 11 is 7.31. The van der Waals surface area contributed by atoms with Gasteiger partial charge in [-0.1, -0.05) is 0 Å². The Balaban J connectivity index is 1.87. The molecule has 2 nitrogen and oxygen atoms in total. The number of nitrogens with one attached hydrogen (secondary N) is 1. The second kappa shape index (κ2) is 6.06. The van der Waals surface area contributed by atoms with Crippen LogP contribution in [0.2, 0.25) is 0 Å². The first kappa shape index (κ1) is 13.9. The molecule has 1 saturated heterocycles. The summed E-state index contributed by atoms with van der Waals surface area (Å²) in [6, 6.07) is 4.33. The molecule has 0 saturated carbocycles. The Bertz CT molecular complexity index is 359. The van der Waals surface area contributed by atoms with Crippen LogP contribution in [0.4, 0.5) is 0 Å². The highest BCUT2D eigenvalue weighted by Crippen LogP contribution is 2.33. The third-order valence-corrected chi connectivity index (χ3v) is 6.38. The highest BCUT2D eigenvalue weighted by Gasteiger charge is 2.27. The number of thioether (sulfide) groups is 1. The summed E-state index contributed by atoms with van der Waals surface area (Å²) in [5, 5.41) is 3.41. The van der Waals surface area contributed by atoms with Crippen LogP contribution < -0.4 is 5.32 Å². The van der Waals surface area contributed by atoms with Gasteiger partial charge in [0.2, 0.25) is 0 Å². The van der Waals surface area contributed by atoms with E-state index in [4.69, 9.17) is 0 Å². The second-order valence-electron chi connectivity index (χ2n) is 4.90. The highest BCUT2D eigenvalue weighted by atomic mass is 79.9. The molecule has 5 heteroatoms. The second-order valence-corrected chi connectivity index (χ2v) is 8.64. The monoisotopic (exact) mass is 334 g/mol. The lowest BCUT2D eigenvalue weighted by molar-refractivity contribution is 0.123. The molecule has 96 valence electrons. The molecular weight excluding hydrogens is 316 g/mol. The fraction of sp³-hybridized carbons (Fsp3) is 0.667. The van der Waals surface area contributed by atoms with E-state index in [2.05, 4.69) is 52.1 Å². The number of hydrogen-bond acceptors (Lipinski definition) is 4. The van der Waals surface area contributed by atoms with E-state index >= 15 is 0 Å². The molecule has 0 spiro atoms.